The Balaban J connectivity index is 2.55. The van der Waals surface area contributed by atoms with Crippen molar-refractivity contribution in [2.45, 2.75) is 13.3 Å². The van der Waals surface area contributed by atoms with E-state index in [4.69, 9.17) is 5.73 Å². The fraction of sp³-hybridized carbons (Fsp3) is 0.182. The fourth-order valence-electron chi connectivity index (χ4n) is 1.18. The van der Waals surface area contributed by atoms with Crippen molar-refractivity contribution in [3.63, 3.8) is 0 Å². The van der Waals surface area contributed by atoms with E-state index in [0.717, 1.165) is 10.2 Å². The van der Waals surface area contributed by atoms with Crippen molar-refractivity contribution in [3.8, 4) is 0 Å². The number of hydrogen-bond acceptors (Lipinski definition) is 3. The number of benzene rings is 1. The fourth-order valence-corrected chi connectivity index (χ4v) is 1.61. The number of halogens is 1. The summed E-state index contributed by atoms with van der Waals surface area (Å²) in [4.78, 5) is 11.7. The second kappa shape index (κ2) is 7.07. The van der Waals surface area contributed by atoms with Gasteiger partial charge in [0.05, 0.1) is 12.1 Å². The molecule has 0 aliphatic carbocycles. The monoisotopic (exact) mass is 328 g/mol. The molecule has 4 N–H and O–H groups in total. The number of amides is 1. The van der Waals surface area contributed by atoms with Crippen molar-refractivity contribution < 1.29 is 4.79 Å². The third-order valence-electron chi connectivity index (χ3n) is 1.92. The highest BCUT2D eigenvalue weighted by Gasteiger charge is 2.06. The summed E-state index contributed by atoms with van der Waals surface area (Å²) in [7, 11) is 0. The molecule has 0 unspecified atom stereocenters. The number of nitrogens with one attached hydrogen (secondary N) is 2. The van der Waals surface area contributed by atoms with Gasteiger partial charge in [0.15, 0.2) is 5.11 Å². The van der Waals surface area contributed by atoms with Crippen LogP contribution in [0, 0.1) is 0 Å². The maximum Gasteiger partial charge on any atom is 0.230 e. The minimum absolute atomic E-state index is 0.0700. The Kier molecular flexibility index (Phi) is 5.73. The maximum atomic E-state index is 11.7. The van der Waals surface area contributed by atoms with E-state index in [-0.39, 0.29) is 17.4 Å². The first-order valence-corrected chi connectivity index (χ1v) is 6.32. The van der Waals surface area contributed by atoms with Crippen LogP contribution >= 0.6 is 28.1 Å². The van der Waals surface area contributed by atoms with Crippen LogP contribution in [0.15, 0.2) is 33.8 Å². The molecule has 5 nitrogen and oxygen atoms in total. The molecule has 18 heavy (non-hydrogen) atoms. The molecule has 0 heterocycles. The second-order valence-corrected chi connectivity index (χ2v) is 4.82. The van der Waals surface area contributed by atoms with Crippen LogP contribution in [0.5, 0.6) is 0 Å². The van der Waals surface area contributed by atoms with E-state index < -0.39 is 0 Å². The van der Waals surface area contributed by atoms with Crippen LogP contribution in [0.3, 0.4) is 0 Å². The van der Waals surface area contributed by atoms with Crippen LogP contribution in [-0.4, -0.2) is 16.7 Å². The topological polar surface area (TPSA) is 79.5 Å². The highest BCUT2D eigenvalue weighted by atomic mass is 79.9. The molecule has 0 saturated heterocycles. The zero-order valence-electron chi connectivity index (χ0n) is 9.74. The normalized spacial score (nSPS) is 10.9. The van der Waals surface area contributed by atoms with Gasteiger partial charge in [0.2, 0.25) is 5.91 Å². The van der Waals surface area contributed by atoms with Gasteiger partial charge in [0.1, 0.15) is 0 Å². The highest BCUT2D eigenvalue weighted by Crippen LogP contribution is 2.21. The Labute approximate surface area is 119 Å². The molecule has 0 spiro atoms. The molecule has 1 rings (SSSR count). The molecule has 0 atom stereocenters. The molecule has 0 aromatic heterocycles. The number of nitrogens with two attached hydrogens (primary N) is 1. The van der Waals surface area contributed by atoms with E-state index in [9.17, 15) is 4.79 Å². The smallest absolute Gasteiger partial charge is 0.230 e. The van der Waals surface area contributed by atoms with Crippen molar-refractivity contribution in [2.75, 3.05) is 5.32 Å². The molecule has 0 aliphatic rings. The van der Waals surface area contributed by atoms with E-state index in [0.29, 0.717) is 5.71 Å². The van der Waals surface area contributed by atoms with Gasteiger partial charge < -0.3 is 11.1 Å². The first-order chi connectivity index (χ1) is 8.49. The average molecular weight is 329 g/mol. The number of hydrogen-bond donors (Lipinski definition) is 3. The zero-order valence-corrected chi connectivity index (χ0v) is 12.1. The number of rotatable bonds is 4. The molecular weight excluding hydrogens is 316 g/mol. The zero-order chi connectivity index (χ0) is 13.5. The van der Waals surface area contributed by atoms with Crippen LogP contribution in [-0.2, 0) is 4.79 Å². The summed E-state index contributed by atoms with van der Waals surface area (Å²) in [5, 5.41) is 6.70. The molecule has 7 heteroatoms. The van der Waals surface area contributed by atoms with Gasteiger partial charge in [0, 0.05) is 10.2 Å². The van der Waals surface area contributed by atoms with E-state index in [1.807, 2.05) is 24.3 Å². The number of carbonyl (C=O) groups is 1. The lowest BCUT2D eigenvalue weighted by molar-refractivity contribution is -0.115. The predicted molar refractivity (Wildman–Crippen MR) is 80.4 cm³/mol. The summed E-state index contributed by atoms with van der Waals surface area (Å²) in [5.74, 6) is -0.159. The van der Waals surface area contributed by atoms with Crippen LogP contribution in [0.25, 0.3) is 0 Å². The first kappa shape index (κ1) is 14.6. The summed E-state index contributed by atoms with van der Waals surface area (Å²) in [5.41, 5.74) is 8.97. The summed E-state index contributed by atoms with van der Waals surface area (Å²) in [6.45, 7) is 1.71. The van der Waals surface area contributed by atoms with Crippen LogP contribution < -0.4 is 16.5 Å². The Morgan fingerprint density at radius 1 is 1.50 bits per heavy atom. The minimum atomic E-state index is -0.159. The lowest BCUT2D eigenvalue weighted by atomic mass is 10.2. The molecule has 1 aromatic carbocycles. The van der Waals surface area contributed by atoms with Gasteiger partial charge in [0.25, 0.3) is 0 Å². The maximum absolute atomic E-state index is 11.7. The van der Waals surface area contributed by atoms with E-state index in [2.05, 4.69) is 44.0 Å². The molecule has 1 aromatic rings. The minimum Gasteiger partial charge on any atom is -0.375 e. The predicted octanol–water partition coefficient (Wildman–Crippen LogP) is 1.99. The molecule has 96 valence electrons. The third-order valence-corrected chi connectivity index (χ3v) is 2.70. The van der Waals surface area contributed by atoms with Gasteiger partial charge in [-0.25, -0.2) is 0 Å². The van der Waals surface area contributed by atoms with Crippen molar-refractivity contribution >= 4 is 50.6 Å². The largest absolute Gasteiger partial charge is 0.375 e. The summed E-state index contributed by atoms with van der Waals surface area (Å²) < 4.78 is 0.828. The van der Waals surface area contributed by atoms with E-state index >= 15 is 0 Å². The van der Waals surface area contributed by atoms with Crippen molar-refractivity contribution in [2.24, 2.45) is 10.8 Å². The molecule has 0 saturated carbocycles. The molecule has 0 aliphatic heterocycles. The quantitative estimate of drug-likeness (QED) is 0.448. The standard InChI is InChI=1S/C11H13BrN4OS/c1-7(15-16-11(13)18)6-10(17)14-9-5-3-2-4-8(9)12/h2-5H,6H2,1H3,(H,14,17)(H3,13,16,18)/b15-7-. The van der Waals surface area contributed by atoms with Gasteiger partial charge in [-0.2, -0.15) is 5.10 Å². The lowest BCUT2D eigenvalue weighted by Gasteiger charge is -2.07. The lowest BCUT2D eigenvalue weighted by Crippen LogP contribution is -2.26. The number of hydrazone groups is 1. The Bertz CT molecular complexity index is 490. The molecule has 0 bridgehead atoms. The molecule has 1 amide bonds. The van der Waals surface area contributed by atoms with Crippen LogP contribution in [0.4, 0.5) is 5.69 Å². The summed E-state index contributed by atoms with van der Waals surface area (Å²) in [6, 6.07) is 7.38. The third kappa shape index (κ3) is 5.24. The Morgan fingerprint density at radius 3 is 2.78 bits per heavy atom. The van der Waals surface area contributed by atoms with E-state index in [1.165, 1.54) is 0 Å². The molecular formula is C11H13BrN4OS. The number of para-hydroxylation sites is 1. The van der Waals surface area contributed by atoms with Crippen LogP contribution in [0.2, 0.25) is 0 Å². The first-order valence-electron chi connectivity index (χ1n) is 5.12. The van der Waals surface area contributed by atoms with Crippen molar-refractivity contribution in [1.82, 2.24) is 5.43 Å². The number of nitrogens with zero attached hydrogens (tertiary/aromatic N) is 1. The Hall–Kier alpha value is -1.47. The van der Waals surface area contributed by atoms with Crippen LogP contribution in [0.1, 0.15) is 13.3 Å². The number of anilines is 1. The van der Waals surface area contributed by atoms with E-state index in [1.54, 1.807) is 6.92 Å². The SMILES string of the molecule is C/C(CC(=O)Nc1ccccc1Br)=N/NC(N)=S. The van der Waals surface area contributed by atoms with Gasteiger partial charge in [-0.15, -0.1) is 0 Å². The number of thiocarbonyl (C=S) groups is 1. The van der Waals surface area contributed by atoms with Gasteiger partial charge in [-0.1, -0.05) is 12.1 Å². The summed E-state index contributed by atoms with van der Waals surface area (Å²) in [6.07, 6.45) is 0.164. The molecule has 0 fully saturated rings. The molecule has 0 radical (unpaired) electrons. The second-order valence-electron chi connectivity index (χ2n) is 3.53. The number of carbonyl (C=O) groups excluding carboxylic acids is 1. The average Bonchev–Trinajstić information content (AvgIpc) is 2.29. The Morgan fingerprint density at radius 2 is 2.17 bits per heavy atom. The van der Waals surface area contributed by atoms with Gasteiger partial charge >= 0.3 is 0 Å². The highest BCUT2D eigenvalue weighted by molar-refractivity contribution is 9.10. The summed E-state index contributed by atoms with van der Waals surface area (Å²) >= 11 is 7.95. The van der Waals surface area contributed by atoms with Crippen molar-refractivity contribution in [1.29, 1.82) is 0 Å². The van der Waals surface area contributed by atoms with Crippen molar-refractivity contribution in [3.05, 3.63) is 28.7 Å². The van der Waals surface area contributed by atoms with Gasteiger partial charge in [-0.3, -0.25) is 10.2 Å². The van der Waals surface area contributed by atoms with Gasteiger partial charge in [-0.05, 0) is 47.2 Å².